The van der Waals surface area contributed by atoms with Crippen molar-refractivity contribution in [3.05, 3.63) is 60.4 Å². The van der Waals surface area contributed by atoms with Crippen LogP contribution < -0.4 is 10.1 Å². The van der Waals surface area contributed by atoms with Crippen molar-refractivity contribution in [2.45, 2.75) is 10.1 Å². The molecule has 0 saturated heterocycles. The van der Waals surface area contributed by atoms with Crippen LogP contribution in [0.3, 0.4) is 0 Å². The summed E-state index contributed by atoms with van der Waals surface area (Å²) in [5, 5.41) is 16.3. The fourth-order valence-electron chi connectivity index (χ4n) is 2.32. The summed E-state index contributed by atoms with van der Waals surface area (Å²) in [5.41, 5.74) is 1.75. The van der Waals surface area contributed by atoms with Gasteiger partial charge in [0, 0.05) is 5.56 Å². The number of thioether (sulfide) groups is 1. The predicted molar refractivity (Wildman–Crippen MR) is 105 cm³/mol. The molecule has 0 saturated carbocycles. The zero-order chi connectivity index (χ0) is 18.5. The number of anilines is 2. The molecule has 1 N–H and O–H groups in total. The van der Waals surface area contributed by atoms with Gasteiger partial charge in [0.15, 0.2) is 10.2 Å². The van der Waals surface area contributed by atoms with Gasteiger partial charge in [-0.3, -0.25) is 0 Å². The topological polar surface area (TPSA) is 86.0 Å². The second-order valence-corrected chi connectivity index (χ2v) is 7.57. The minimum absolute atomic E-state index is 0.516. The summed E-state index contributed by atoms with van der Waals surface area (Å²) in [6.45, 7) is 0. The Morgan fingerprint density at radius 2 is 1.89 bits per heavy atom. The minimum atomic E-state index is 0.516. The Bertz CT molecular complexity index is 1020. The van der Waals surface area contributed by atoms with Crippen LogP contribution in [0.1, 0.15) is 5.82 Å². The molecule has 4 rings (SSSR count). The number of para-hydroxylation sites is 2. The van der Waals surface area contributed by atoms with Crippen LogP contribution in [-0.2, 0) is 5.75 Å². The summed E-state index contributed by atoms with van der Waals surface area (Å²) in [5.74, 6) is 2.44. The summed E-state index contributed by atoms with van der Waals surface area (Å²) < 4.78 is 11.5. The van der Waals surface area contributed by atoms with Crippen molar-refractivity contribution in [1.82, 2.24) is 20.3 Å². The molecule has 2 aromatic carbocycles. The molecule has 0 fully saturated rings. The molecule has 0 radical (unpaired) electrons. The smallest absolute Gasteiger partial charge is 0.257 e. The van der Waals surface area contributed by atoms with Gasteiger partial charge in [-0.25, -0.2) is 0 Å². The molecule has 0 aliphatic rings. The van der Waals surface area contributed by atoms with E-state index in [1.807, 2.05) is 54.6 Å². The van der Waals surface area contributed by atoms with Gasteiger partial charge in [-0.05, 0) is 24.3 Å². The molecule has 0 aliphatic heterocycles. The number of methoxy groups -OCH3 is 1. The van der Waals surface area contributed by atoms with Gasteiger partial charge in [0.2, 0.25) is 5.13 Å². The Kier molecular flexibility index (Phi) is 5.31. The molecular weight excluding hydrogens is 382 g/mol. The average Bonchev–Trinajstić information content (AvgIpc) is 3.37. The zero-order valence-corrected chi connectivity index (χ0v) is 16.0. The van der Waals surface area contributed by atoms with Crippen LogP contribution in [0.15, 0.2) is 63.5 Å². The molecule has 136 valence electrons. The van der Waals surface area contributed by atoms with Crippen LogP contribution in [0.5, 0.6) is 5.75 Å². The predicted octanol–water partition coefficient (Wildman–Crippen LogP) is 4.63. The molecular formula is C18H15N5O2S2. The molecule has 2 aromatic heterocycles. The first-order chi connectivity index (χ1) is 13.3. The van der Waals surface area contributed by atoms with Gasteiger partial charge in [0.25, 0.3) is 5.89 Å². The molecule has 27 heavy (non-hydrogen) atoms. The lowest BCUT2D eigenvalue weighted by molar-refractivity contribution is 0.417. The third kappa shape index (κ3) is 4.26. The standard InChI is InChI=1S/C18H15N5O2S2/c1-24-14-10-6-5-9-13(14)19-17-21-22-18(27-17)26-11-15-20-16(25-23-15)12-7-3-2-4-8-12/h2-10H,11H2,1H3,(H,19,21). The fourth-order valence-corrected chi connectivity index (χ4v) is 3.93. The summed E-state index contributed by atoms with van der Waals surface area (Å²) >= 11 is 2.97. The Balaban J connectivity index is 1.38. The zero-order valence-electron chi connectivity index (χ0n) is 14.3. The monoisotopic (exact) mass is 397 g/mol. The van der Waals surface area contributed by atoms with E-state index in [2.05, 4.69) is 25.7 Å². The van der Waals surface area contributed by atoms with Gasteiger partial charge in [0.1, 0.15) is 5.75 Å². The van der Waals surface area contributed by atoms with Crippen molar-refractivity contribution in [3.8, 4) is 17.2 Å². The van der Waals surface area contributed by atoms with Gasteiger partial charge in [0.05, 0.1) is 18.6 Å². The highest BCUT2D eigenvalue weighted by Crippen LogP contribution is 2.32. The van der Waals surface area contributed by atoms with Crippen molar-refractivity contribution in [3.63, 3.8) is 0 Å². The Morgan fingerprint density at radius 3 is 2.74 bits per heavy atom. The van der Waals surface area contributed by atoms with E-state index in [0.29, 0.717) is 22.6 Å². The minimum Gasteiger partial charge on any atom is -0.495 e. The molecule has 0 bridgehead atoms. The SMILES string of the molecule is COc1ccccc1Nc1nnc(SCc2noc(-c3ccccc3)n2)s1. The van der Waals surface area contributed by atoms with E-state index in [4.69, 9.17) is 9.26 Å². The van der Waals surface area contributed by atoms with Gasteiger partial charge in [-0.1, -0.05) is 58.6 Å². The van der Waals surface area contributed by atoms with Crippen LogP contribution in [-0.4, -0.2) is 27.4 Å². The third-order valence-corrected chi connectivity index (χ3v) is 5.54. The molecule has 4 aromatic rings. The number of hydrogen-bond acceptors (Lipinski definition) is 9. The largest absolute Gasteiger partial charge is 0.495 e. The lowest BCUT2D eigenvalue weighted by Gasteiger charge is -2.07. The maximum Gasteiger partial charge on any atom is 0.257 e. The van der Waals surface area contributed by atoms with Crippen molar-refractivity contribution in [2.24, 2.45) is 0 Å². The number of aromatic nitrogens is 4. The second kappa shape index (κ2) is 8.19. The highest BCUT2D eigenvalue weighted by Gasteiger charge is 2.12. The molecule has 9 heteroatoms. The van der Waals surface area contributed by atoms with Gasteiger partial charge >= 0.3 is 0 Å². The number of nitrogens with zero attached hydrogens (tertiary/aromatic N) is 4. The fraction of sp³-hybridized carbons (Fsp3) is 0.111. The van der Waals surface area contributed by atoms with Crippen molar-refractivity contribution in [2.75, 3.05) is 12.4 Å². The third-order valence-electron chi connectivity index (χ3n) is 3.57. The number of hydrogen-bond donors (Lipinski definition) is 1. The first kappa shape index (κ1) is 17.5. The first-order valence-corrected chi connectivity index (χ1v) is 9.86. The van der Waals surface area contributed by atoms with Gasteiger partial charge in [-0.2, -0.15) is 4.98 Å². The van der Waals surface area contributed by atoms with Gasteiger partial charge in [-0.15, -0.1) is 10.2 Å². The van der Waals surface area contributed by atoms with Crippen LogP contribution in [0, 0.1) is 0 Å². The van der Waals surface area contributed by atoms with Crippen molar-refractivity contribution >= 4 is 33.9 Å². The van der Waals surface area contributed by atoms with Crippen LogP contribution in [0.4, 0.5) is 10.8 Å². The van der Waals surface area contributed by atoms with E-state index in [1.165, 1.54) is 23.1 Å². The van der Waals surface area contributed by atoms with Crippen LogP contribution in [0.2, 0.25) is 0 Å². The maximum atomic E-state index is 5.33. The molecule has 0 spiro atoms. The summed E-state index contributed by atoms with van der Waals surface area (Å²) in [7, 11) is 1.64. The normalized spacial score (nSPS) is 10.7. The average molecular weight is 397 g/mol. The Labute approximate surface area is 163 Å². The molecule has 0 amide bonds. The quantitative estimate of drug-likeness (QED) is 0.452. The molecule has 0 atom stereocenters. The number of rotatable bonds is 7. The van der Waals surface area contributed by atoms with E-state index in [1.54, 1.807) is 7.11 Å². The molecule has 2 heterocycles. The number of benzene rings is 2. The molecule has 7 nitrogen and oxygen atoms in total. The Hall–Kier alpha value is -2.91. The Morgan fingerprint density at radius 1 is 1.07 bits per heavy atom. The van der Waals surface area contributed by atoms with Gasteiger partial charge < -0.3 is 14.6 Å². The van der Waals surface area contributed by atoms with E-state index in [-0.39, 0.29) is 0 Å². The summed E-state index contributed by atoms with van der Waals surface area (Å²) in [6.07, 6.45) is 0. The number of ether oxygens (including phenoxy) is 1. The van der Waals surface area contributed by atoms with E-state index < -0.39 is 0 Å². The van der Waals surface area contributed by atoms with Crippen molar-refractivity contribution < 1.29 is 9.26 Å². The summed E-state index contributed by atoms with van der Waals surface area (Å²) in [4.78, 5) is 4.42. The number of nitrogens with one attached hydrogen (secondary N) is 1. The van der Waals surface area contributed by atoms with E-state index >= 15 is 0 Å². The van der Waals surface area contributed by atoms with E-state index in [0.717, 1.165) is 21.3 Å². The van der Waals surface area contributed by atoms with Crippen molar-refractivity contribution in [1.29, 1.82) is 0 Å². The molecule has 0 aliphatic carbocycles. The highest BCUT2D eigenvalue weighted by atomic mass is 32.2. The second-order valence-electron chi connectivity index (χ2n) is 5.37. The lowest BCUT2D eigenvalue weighted by atomic mass is 10.2. The first-order valence-electron chi connectivity index (χ1n) is 8.06. The highest BCUT2D eigenvalue weighted by molar-refractivity contribution is 8.00. The van der Waals surface area contributed by atoms with Crippen LogP contribution >= 0.6 is 23.1 Å². The molecule has 0 unspecified atom stereocenters. The summed E-state index contributed by atoms with van der Waals surface area (Å²) in [6, 6.07) is 17.4. The lowest BCUT2D eigenvalue weighted by Crippen LogP contribution is -1.93. The maximum absolute atomic E-state index is 5.33. The van der Waals surface area contributed by atoms with E-state index in [9.17, 15) is 0 Å². The van der Waals surface area contributed by atoms with Crippen LogP contribution in [0.25, 0.3) is 11.5 Å².